The first-order chi connectivity index (χ1) is 8.25. The van der Waals surface area contributed by atoms with Crippen LogP contribution in [0.4, 0.5) is 0 Å². The Bertz CT molecular complexity index is 322. The summed E-state index contributed by atoms with van der Waals surface area (Å²) in [5.74, 6) is 0.965. The molecule has 1 aromatic carbocycles. The second-order valence-electron chi connectivity index (χ2n) is 4.05. The summed E-state index contributed by atoms with van der Waals surface area (Å²) >= 11 is 3.50. The fraction of sp³-hybridized carbons (Fsp3) is 0.571. The number of para-hydroxylation sites is 1. The summed E-state index contributed by atoms with van der Waals surface area (Å²) in [6, 6.07) is 8.05. The van der Waals surface area contributed by atoms with E-state index in [4.69, 9.17) is 4.74 Å². The summed E-state index contributed by atoms with van der Waals surface area (Å²) in [5, 5.41) is 0. The summed E-state index contributed by atoms with van der Waals surface area (Å²) in [6.07, 6.45) is 2.62. The lowest BCUT2D eigenvalue weighted by Gasteiger charge is -2.29. The minimum absolute atomic E-state index is 0.375. The van der Waals surface area contributed by atoms with E-state index in [1.807, 2.05) is 38.1 Å². The molecule has 3 heteroatoms. The van der Waals surface area contributed by atoms with Gasteiger partial charge in [0.2, 0.25) is 0 Å². The quantitative estimate of drug-likeness (QED) is 0.820. The highest BCUT2D eigenvalue weighted by atomic mass is 79.9. The lowest BCUT2D eigenvalue weighted by Crippen LogP contribution is -2.35. The number of nitrogens with zero attached hydrogens (tertiary/aromatic N) is 1. The van der Waals surface area contributed by atoms with E-state index in [0.717, 1.165) is 36.2 Å². The minimum Gasteiger partial charge on any atom is -0.489 e. The van der Waals surface area contributed by atoms with Crippen molar-refractivity contribution < 1.29 is 4.74 Å². The average Bonchev–Trinajstić information content (AvgIpc) is 2.37. The van der Waals surface area contributed by atoms with Gasteiger partial charge in [-0.15, -0.1) is 0 Å². The summed E-state index contributed by atoms with van der Waals surface area (Å²) < 4.78 is 7.01. The standard InChI is InChI=1S/C12H16BrNO.C2H6/c1-14-8-6-10(7-9-14)15-12-5-3-2-4-11(12)13;1-2/h2-5,10H,6-9H2,1H3;1-2H3. The van der Waals surface area contributed by atoms with Crippen LogP contribution >= 0.6 is 15.9 Å². The van der Waals surface area contributed by atoms with Crippen molar-refractivity contribution in [2.24, 2.45) is 0 Å². The summed E-state index contributed by atoms with van der Waals surface area (Å²) in [5.41, 5.74) is 0. The zero-order chi connectivity index (χ0) is 12.7. The van der Waals surface area contributed by atoms with E-state index in [9.17, 15) is 0 Å². The van der Waals surface area contributed by atoms with Crippen LogP contribution in [0.3, 0.4) is 0 Å². The molecule has 17 heavy (non-hydrogen) atoms. The predicted octanol–water partition coefficient (Wildman–Crippen LogP) is 3.95. The van der Waals surface area contributed by atoms with Crippen LogP contribution in [0.5, 0.6) is 5.75 Å². The largest absolute Gasteiger partial charge is 0.489 e. The van der Waals surface area contributed by atoms with Crippen molar-refractivity contribution in [2.45, 2.75) is 32.8 Å². The van der Waals surface area contributed by atoms with Crippen LogP contribution in [-0.4, -0.2) is 31.1 Å². The maximum Gasteiger partial charge on any atom is 0.133 e. The monoisotopic (exact) mass is 299 g/mol. The third-order valence-electron chi connectivity index (χ3n) is 2.80. The highest BCUT2D eigenvalue weighted by molar-refractivity contribution is 9.10. The van der Waals surface area contributed by atoms with E-state index in [0.29, 0.717) is 6.10 Å². The molecule has 1 fully saturated rings. The number of hydrogen-bond donors (Lipinski definition) is 0. The van der Waals surface area contributed by atoms with Crippen molar-refractivity contribution in [3.8, 4) is 5.75 Å². The topological polar surface area (TPSA) is 12.5 Å². The molecule has 1 saturated heterocycles. The number of rotatable bonds is 2. The predicted molar refractivity (Wildman–Crippen MR) is 76.6 cm³/mol. The Kier molecular flexibility index (Phi) is 6.60. The van der Waals surface area contributed by atoms with E-state index >= 15 is 0 Å². The Hall–Kier alpha value is -0.540. The van der Waals surface area contributed by atoms with Gasteiger partial charge in [0.15, 0.2) is 0 Å². The maximum atomic E-state index is 5.96. The van der Waals surface area contributed by atoms with Crippen molar-refractivity contribution >= 4 is 15.9 Å². The Morgan fingerprint density at radius 3 is 2.35 bits per heavy atom. The van der Waals surface area contributed by atoms with Crippen LogP contribution in [-0.2, 0) is 0 Å². The van der Waals surface area contributed by atoms with Gasteiger partial charge in [0, 0.05) is 13.1 Å². The maximum absolute atomic E-state index is 5.96. The molecular weight excluding hydrogens is 278 g/mol. The molecule has 0 saturated carbocycles. The lowest BCUT2D eigenvalue weighted by molar-refractivity contribution is 0.113. The first-order valence-electron chi connectivity index (χ1n) is 6.35. The first kappa shape index (κ1) is 14.5. The van der Waals surface area contributed by atoms with Crippen LogP contribution in [0.1, 0.15) is 26.7 Å². The molecule has 0 atom stereocenters. The highest BCUT2D eigenvalue weighted by Crippen LogP contribution is 2.26. The molecule has 0 N–H and O–H groups in total. The third-order valence-corrected chi connectivity index (χ3v) is 3.45. The smallest absolute Gasteiger partial charge is 0.133 e. The normalized spacial score (nSPS) is 17.2. The molecule has 0 bridgehead atoms. The number of benzene rings is 1. The van der Waals surface area contributed by atoms with Crippen LogP contribution in [0.2, 0.25) is 0 Å². The van der Waals surface area contributed by atoms with Gasteiger partial charge < -0.3 is 9.64 Å². The first-order valence-corrected chi connectivity index (χ1v) is 7.15. The molecule has 96 valence electrons. The highest BCUT2D eigenvalue weighted by Gasteiger charge is 2.18. The van der Waals surface area contributed by atoms with Crippen LogP contribution in [0, 0.1) is 0 Å². The van der Waals surface area contributed by atoms with Crippen LogP contribution in [0.15, 0.2) is 28.7 Å². The summed E-state index contributed by atoms with van der Waals surface area (Å²) in [4.78, 5) is 2.35. The van der Waals surface area contributed by atoms with Gasteiger partial charge in [0.25, 0.3) is 0 Å². The van der Waals surface area contributed by atoms with Gasteiger partial charge in [-0.25, -0.2) is 0 Å². The minimum atomic E-state index is 0.375. The van der Waals surface area contributed by atoms with Crippen LogP contribution in [0.25, 0.3) is 0 Å². The fourth-order valence-corrected chi connectivity index (χ4v) is 2.20. The Morgan fingerprint density at radius 2 is 1.76 bits per heavy atom. The molecule has 0 aliphatic carbocycles. The van der Waals surface area contributed by atoms with Crippen molar-refractivity contribution in [3.05, 3.63) is 28.7 Å². The van der Waals surface area contributed by atoms with E-state index in [1.54, 1.807) is 0 Å². The number of halogens is 1. The molecule has 2 nitrogen and oxygen atoms in total. The summed E-state index contributed by atoms with van der Waals surface area (Å²) in [7, 11) is 2.16. The van der Waals surface area contributed by atoms with Crippen molar-refractivity contribution in [3.63, 3.8) is 0 Å². The molecule has 0 spiro atoms. The van der Waals surface area contributed by atoms with Gasteiger partial charge in [-0.1, -0.05) is 26.0 Å². The number of likely N-dealkylation sites (tertiary alicyclic amines) is 1. The van der Waals surface area contributed by atoms with E-state index in [2.05, 4.69) is 27.9 Å². The van der Waals surface area contributed by atoms with Gasteiger partial charge in [0.05, 0.1) is 4.47 Å². The zero-order valence-corrected chi connectivity index (χ0v) is 12.5. The second-order valence-corrected chi connectivity index (χ2v) is 4.91. The molecule has 0 amide bonds. The van der Waals surface area contributed by atoms with Crippen molar-refractivity contribution in [1.82, 2.24) is 4.90 Å². The van der Waals surface area contributed by atoms with Crippen molar-refractivity contribution in [2.75, 3.05) is 20.1 Å². The molecule has 0 unspecified atom stereocenters. The molecule has 1 aliphatic rings. The second kappa shape index (κ2) is 7.72. The van der Waals surface area contributed by atoms with E-state index in [1.165, 1.54) is 0 Å². The molecule has 1 aliphatic heterocycles. The van der Waals surface area contributed by atoms with Crippen LogP contribution < -0.4 is 4.74 Å². The Balaban J connectivity index is 0.000000686. The molecule has 0 radical (unpaired) electrons. The van der Waals surface area contributed by atoms with Gasteiger partial charge >= 0.3 is 0 Å². The summed E-state index contributed by atoms with van der Waals surface area (Å²) in [6.45, 7) is 6.27. The fourth-order valence-electron chi connectivity index (χ4n) is 1.82. The van der Waals surface area contributed by atoms with Gasteiger partial charge in [-0.2, -0.15) is 0 Å². The Labute approximate surface area is 113 Å². The lowest BCUT2D eigenvalue weighted by atomic mass is 10.1. The molecular formula is C14H22BrNO. The van der Waals surface area contributed by atoms with Gasteiger partial charge in [-0.3, -0.25) is 0 Å². The zero-order valence-electron chi connectivity index (χ0n) is 10.9. The van der Waals surface area contributed by atoms with Crippen molar-refractivity contribution in [1.29, 1.82) is 0 Å². The van der Waals surface area contributed by atoms with E-state index in [-0.39, 0.29) is 0 Å². The SMILES string of the molecule is CC.CN1CCC(Oc2ccccc2Br)CC1. The molecule has 1 heterocycles. The average molecular weight is 300 g/mol. The number of ether oxygens (including phenoxy) is 1. The number of hydrogen-bond acceptors (Lipinski definition) is 2. The Morgan fingerprint density at radius 1 is 1.18 bits per heavy atom. The molecule has 0 aromatic heterocycles. The molecule has 1 aromatic rings. The van der Waals surface area contributed by atoms with Gasteiger partial charge in [-0.05, 0) is 48.0 Å². The van der Waals surface area contributed by atoms with Gasteiger partial charge in [0.1, 0.15) is 11.9 Å². The molecule has 2 rings (SSSR count). The van der Waals surface area contributed by atoms with E-state index < -0.39 is 0 Å². The third kappa shape index (κ3) is 4.68. The number of piperidine rings is 1.